The quantitative estimate of drug-likeness (QED) is 0.456. The number of carboxylic acids is 1. The summed E-state index contributed by atoms with van der Waals surface area (Å²) in [7, 11) is 0. The fourth-order valence-corrected chi connectivity index (χ4v) is 9.28. The van der Waals surface area contributed by atoms with Gasteiger partial charge in [-0.1, -0.05) is 31.7 Å². The molecule has 4 aliphatic carbocycles. The van der Waals surface area contributed by atoms with Gasteiger partial charge < -0.3 is 19.0 Å². The molecule has 1 N–H and O–H groups in total. The zero-order valence-corrected chi connectivity index (χ0v) is 24.4. The molecule has 5 rings (SSSR count). The van der Waals surface area contributed by atoms with Gasteiger partial charge in [-0.3, -0.25) is 19.2 Å². The third kappa shape index (κ3) is 4.11. The predicted octanol–water partition coefficient (Wildman–Crippen LogP) is 4.66. The standard InChI is InChI=1S/C30H32F2O9S/c1-15-10-18-19-12-21(31)20-11-17(34)7-8-27(20,3)29(19,32)23(40-16(2)33)13-28(18,4)30(15,26(38)42-14-24(35)36)41-25(37)22-6-5-9-39-22/h5-9,11,15,18-19,21,23H,10,12-14H2,1-4H3,(H,35,36)/t15-,18?,19?,21+,23+,27+,28+,29+,30+/m1/s1. The Bertz CT molecular complexity index is 1410. The first kappa shape index (κ1) is 30.2. The Morgan fingerprint density at radius 1 is 1.19 bits per heavy atom. The number of alkyl halides is 2. The summed E-state index contributed by atoms with van der Waals surface area (Å²) in [5, 5.41) is 8.57. The van der Waals surface area contributed by atoms with Gasteiger partial charge in [0.05, 0.1) is 12.0 Å². The maximum Gasteiger partial charge on any atom is 0.375 e. The molecule has 3 saturated carbocycles. The topological polar surface area (TPSA) is 137 Å². The number of rotatable bonds is 6. The minimum absolute atomic E-state index is 0.0378. The van der Waals surface area contributed by atoms with Gasteiger partial charge in [0.1, 0.15) is 12.3 Å². The number of hydrogen-bond acceptors (Lipinski definition) is 9. The maximum atomic E-state index is 18.1. The molecule has 1 aromatic heterocycles. The van der Waals surface area contributed by atoms with Gasteiger partial charge in [0, 0.05) is 29.6 Å². The highest BCUT2D eigenvalue weighted by molar-refractivity contribution is 8.14. The lowest BCUT2D eigenvalue weighted by Gasteiger charge is -2.63. The van der Waals surface area contributed by atoms with Crippen molar-refractivity contribution in [3.05, 3.63) is 48.0 Å². The molecule has 2 unspecified atom stereocenters. The van der Waals surface area contributed by atoms with Gasteiger partial charge in [-0.15, -0.1) is 0 Å². The number of carbonyl (C=O) groups is 5. The van der Waals surface area contributed by atoms with Crippen molar-refractivity contribution < 1.29 is 51.8 Å². The van der Waals surface area contributed by atoms with E-state index in [0.717, 1.165) is 13.0 Å². The van der Waals surface area contributed by atoms with Crippen molar-refractivity contribution in [2.75, 3.05) is 5.75 Å². The van der Waals surface area contributed by atoms with E-state index in [-0.39, 0.29) is 30.6 Å². The molecule has 0 saturated heterocycles. The second-order valence-electron chi connectivity index (χ2n) is 12.2. The molecule has 0 aliphatic heterocycles. The lowest BCUT2D eigenvalue weighted by molar-refractivity contribution is -0.231. The van der Waals surface area contributed by atoms with E-state index in [1.807, 2.05) is 0 Å². The summed E-state index contributed by atoms with van der Waals surface area (Å²) in [4.78, 5) is 63.4. The van der Waals surface area contributed by atoms with Gasteiger partial charge in [0.25, 0.3) is 0 Å². The monoisotopic (exact) mass is 606 g/mol. The first-order valence-corrected chi connectivity index (χ1v) is 14.7. The van der Waals surface area contributed by atoms with Crippen LogP contribution in [0.2, 0.25) is 0 Å². The number of fused-ring (bicyclic) bond motifs is 5. The van der Waals surface area contributed by atoms with Crippen LogP contribution in [0.1, 0.15) is 57.5 Å². The van der Waals surface area contributed by atoms with Crippen molar-refractivity contribution in [2.24, 2.45) is 28.6 Å². The molecule has 226 valence electrons. The summed E-state index contributed by atoms with van der Waals surface area (Å²) < 4.78 is 50.9. The number of esters is 2. The summed E-state index contributed by atoms with van der Waals surface area (Å²) in [6.45, 7) is 5.88. The highest BCUT2D eigenvalue weighted by atomic mass is 32.2. The lowest BCUT2D eigenvalue weighted by atomic mass is 9.44. The predicted molar refractivity (Wildman–Crippen MR) is 145 cm³/mol. The number of aliphatic carboxylic acids is 1. The summed E-state index contributed by atoms with van der Waals surface area (Å²) in [5.41, 5.74) is -7.48. The third-order valence-electron chi connectivity index (χ3n) is 10.1. The van der Waals surface area contributed by atoms with Gasteiger partial charge in [-0.2, -0.15) is 0 Å². The molecule has 42 heavy (non-hydrogen) atoms. The van der Waals surface area contributed by atoms with Crippen molar-refractivity contribution in [1.29, 1.82) is 0 Å². The number of allylic oxidation sites excluding steroid dienone is 4. The number of halogens is 2. The zero-order chi connectivity index (χ0) is 30.8. The molecule has 0 aromatic carbocycles. The average molecular weight is 607 g/mol. The van der Waals surface area contributed by atoms with Crippen LogP contribution in [0.5, 0.6) is 0 Å². The maximum absolute atomic E-state index is 18.1. The van der Waals surface area contributed by atoms with Crippen molar-refractivity contribution in [3.63, 3.8) is 0 Å². The van der Waals surface area contributed by atoms with E-state index < -0.39 is 86.7 Å². The molecule has 9 atom stereocenters. The zero-order valence-electron chi connectivity index (χ0n) is 23.6. The van der Waals surface area contributed by atoms with Gasteiger partial charge >= 0.3 is 17.9 Å². The number of thioether (sulfide) groups is 1. The second-order valence-corrected chi connectivity index (χ2v) is 13.1. The molecule has 4 aliphatic rings. The third-order valence-corrected chi connectivity index (χ3v) is 11.0. The van der Waals surface area contributed by atoms with Gasteiger partial charge in [0.15, 0.2) is 17.1 Å². The summed E-state index contributed by atoms with van der Waals surface area (Å²) in [6.07, 6.45) is 1.11. The summed E-state index contributed by atoms with van der Waals surface area (Å²) >= 11 is 0.460. The van der Waals surface area contributed by atoms with Crippen molar-refractivity contribution >= 4 is 40.6 Å². The average Bonchev–Trinajstić information content (AvgIpc) is 3.52. The minimum Gasteiger partial charge on any atom is -0.481 e. The molecule has 1 heterocycles. The molecule has 1 aromatic rings. The lowest BCUT2D eigenvalue weighted by Crippen LogP contribution is -2.71. The van der Waals surface area contributed by atoms with Crippen LogP contribution in [0.25, 0.3) is 0 Å². The Balaban J connectivity index is 1.69. The summed E-state index contributed by atoms with van der Waals surface area (Å²) in [5.74, 6) is -6.98. The Labute approximate surface area is 245 Å². The van der Waals surface area contributed by atoms with Crippen LogP contribution in [-0.2, 0) is 28.7 Å². The molecule has 0 spiro atoms. The van der Waals surface area contributed by atoms with E-state index in [2.05, 4.69) is 0 Å². The number of ketones is 1. The fraction of sp³-hybridized carbons (Fsp3) is 0.567. The number of carbonyl (C=O) groups excluding carboxylic acids is 4. The first-order valence-electron chi connectivity index (χ1n) is 13.7. The normalized spacial score (nSPS) is 40.3. The molecule has 12 heteroatoms. The van der Waals surface area contributed by atoms with Crippen LogP contribution in [-0.4, -0.2) is 63.2 Å². The van der Waals surface area contributed by atoms with E-state index in [1.165, 1.54) is 37.5 Å². The van der Waals surface area contributed by atoms with Crippen molar-refractivity contribution in [1.82, 2.24) is 0 Å². The van der Waals surface area contributed by atoms with Gasteiger partial charge in [-0.05, 0) is 62.0 Å². The molecule has 0 bridgehead atoms. The van der Waals surface area contributed by atoms with Crippen LogP contribution < -0.4 is 0 Å². The number of carboxylic acid groups (broad SMARTS) is 1. The number of hydrogen-bond donors (Lipinski definition) is 1. The van der Waals surface area contributed by atoms with Crippen LogP contribution in [0.4, 0.5) is 8.78 Å². The largest absolute Gasteiger partial charge is 0.481 e. The van der Waals surface area contributed by atoms with Crippen molar-refractivity contribution in [3.8, 4) is 0 Å². The van der Waals surface area contributed by atoms with E-state index in [1.54, 1.807) is 13.8 Å². The van der Waals surface area contributed by atoms with E-state index >= 15 is 8.78 Å². The number of furan rings is 1. The molecule has 3 fully saturated rings. The van der Waals surface area contributed by atoms with Gasteiger partial charge in [-0.25, -0.2) is 13.6 Å². The van der Waals surface area contributed by atoms with Crippen LogP contribution in [0.15, 0.2) is 46.6 Å². The molecule has 9 nitrogen and oxygen atoms in total. The molecular formula is C30H32F2O9S. The SMILES string of the molecule is CC(=O)O[C@H]1C[C@@]2(C)C(C[C@@H](C)[C@]2(OC(=O)c2ccco2)C(=O)SCC(=O)O)C2C[C@H](F)C3=CC(=O)C=C[C@]3(C)[C@]21F. The number of ether oxygens (including phenoxy) is 2. The Kier molecular flexibility index (Phi) is 7.31. The van der Waals surface area contributed by atoms with E-state index in [9.17, 15) is 29.1 Å². The van der Waals surface area contributed by atoms with Gasteiger partial charge in [0.2, 0.25) is 10.9 Å². The van der Waals surface area contributed by atoms with Crippen LogP contribution in [0, 0.1) is 28.6 Å². The first-order chi connectivity index (χ1) is 19.6. The second kappa shape index (κ2) is 10.2. The minimum atomic E-state index is -2.38. The fourth-order valence-electron chi connectivity index (χ4n) is 8.33. The van der Waals surface area contributed by atoms with Crippen molar-refractivity contribution in [2.45, 2.75) is 70.5 Å². The Hall–Kier alpha value is -3.28. The summed E-state index contributed by atoms with van der Waals surface area (Å²) in [6, 6.07) is 2.80. The van der Waals surface area contributed by atoms with Crippen LogP contribution in [0.3, 0.4) is 0 Å². The Morgan fingerprint density at radius 2 is 1.90 bits per heavy atom. The van der Waals surface area contributed by atoms with E-state index in [0.29, 0.717) is 11.8 Å². The Morgan fingerprint density at radius 3 is 2.52 bits per heavy atom. The molecular weight excluding hydrogens is 574 g/mol. The highest BCUT2D eigenvalue weighted by Gasteiger charge is 2.79. The van der Waals surface area contributed by atoms with E-state index in [4.69, 9.17) is 13.9 Å². The molecule has 0 amide bonds. The molecule has 0 radical (unpaired) electrons. The van der Waals surface area contributed by atoms with Crippen LogP contribution >= 0.6 is 11.8 Å². The highest BCUT2D eigenvalue weighted by Crippen LogP contribution is 2.72. The smallest absolute Gasteiger partial charge is 0.375 e.